The molecule has 2 N–H and O–H groups in total. The lowest BCUT2D eigenvalue weighted by Gasteiger charge is -2.30. The molecule has 0 heterocycles. The van der Waals surface area contributed by atoms with Gasteiger partial charge in [-0.25, -0.2) is 9.88 Å². The summed E-state index contributed by atoms with van der Waals surface area (Å²) in [5.74, 6) is -2.68. The van der Waals surface area contributed by atoms with E-state index in [0.29, 0.717) is 6.42 Å². The van der Waals surface area contributed by atoms with Gasteiger partial charge in [0.2, 0.25) is 5.78 Å². The lowest BCUT2D eigenvalue weighted by atomic mass is 10.2. The molecule has 0 spiro atoms. The highest BCUT2D eigenvalue weighted by atomic mass is 31.2. The van der Waals surface area contributed by atoms with E-state index >= 15 is 0 Å². The van der Waals surface area contributed by atoms with Crippen LogP contribution in [-0.2, 0) is 13.8 Å². The molecule has 0 saturated carbocycles. The standard InChI is InChI=1S/C13H26F3N2O4P/c1-6-7-8-9-17-23(20,21-5)10(13(14,15)16)18-11(19)22-12(2,3)4/h10H,6-9H2,1-5H3,(H,17,20)(H,18,19). The molecule has 0 aliphatic carbocycles. The second-order valence-corrected chi connectivity index (χ2v) is 8.38. The van der Waals surface area contributed by atoms with Gasteiger partial charge in [-0.1, -0.05) is 19.8 Å². The van der Waals surface area contributed by atoms with Gasteiger partial charge in [0, 0.05) is 13.7 Å². The van der Waals surface area contributed by atoms with Crippen molar-refractivity contribution in [1.29, 1.82) is 0 Å². The molecule has 138 valence electrons. The van der Waals surface area contributed by atoms with Gasteiger partial charge in [-0.3, -0.25) is 4.57 Å². The fourth-order valence-electron chi connectivity index (χ4n) is 1.65. The first kappa shape index (κ1) is 22.2. The van der Waals surface area contributed by atoms with E-state index in [9.17, 15) is 22.5 Å². The fourth-order valence-corrected chi connectivity index (χ4v) is 3.30. The zero-order valence-electron chi connectivity index (χ0n) is 14.1. The number of hydrogen-bond donors (Lipinski definition) is 2. The first-order valence-corrected chi connectivity index (χ1v) is 9.02. The molecule has 0 aromatic rings. The Bertz CT molecular complexity index is 424. The molecular weight excluding hydrogens is 336 g/mol. The van der Waals surface area contributed by atoms with Gasteiger partial charge in [-0.05, 0) is 27.2 Å². The Balaban J connectivity index is 5.12. The van der Waals surface area contributed by atoms with Crippen LogP contribution in [0.2, 0.25) is 0 Å². The molecule has 0 fully saturated rings. The van der Waals surface area contributed by atoms with E-state index in [2.05, 4.69) is 9.61 Å². The van der Waals surface area contributed by atoms with Crippen LogP contribution in [0.15, 0.2) is 0 Å². The van der Waals surface area contributed by atoms with Crippen LogP contribution < -0.4 is 10.4 Å². The lowest BCUT2D eigenvalue weighted by Crippen LogP contribution is -2.49. The van der Waals surface area contributed by atoms with Gasteiger partial charge in [0.15, 0.2) is 0 Å². The van der Waals surface area contributed by atoms with E-state index in [0.717, 1.165) is 20.0 Å². The first-order valence-electron chi connectivity index (χ1n) is 7.32. The summed E-state index contributed by atoms with van der Waals surface area (Å²) in [6, 6.07) is 0. The van der Waals surface area contributed by atoms with E-state index in [1.807, 2.05) is 6.92 Å². The second kappa shape index (κ2) is 8.89. The van der Waals surface area contributed by atoms with Crippen LogP contribution >= 0.6 is 7.52 Å². The third-order valence-electron chi connectivity index (χ3n) is 2.69. The number of alkyl halides is 3. The summed E-state index contributed by atoms with van der Waals surface area (Å²) >= 11 is 0. The van der Waals surface area contributed by atoms with Crippen molar-refractivity contribution in [3.8, 4) is 0 Å². The number of carbonyl (C=O) groups excluding carboxylic acids is 1. The van der Waals surface area contributed by atoms with E-state index in [4.69, 9.17) is 4.74 Å². The van der Waals surface area contributed by atoms with Gasteiger partial charge in [-0.15, -0.1) is 0 Å². The Hall–Kier alpha value is -0.790. The van der Waals surface area contributed by atoms with Crippen molar-refractivity contribution in [3.63, 3.8) is 0 Å². The summed E-state index contributed by atoms with van der Waals surface area (Å²) < 4.78 is 61.5. The Labute approximate surface area is 135 Å². The molecule has 0 aromatic heterocycles. The largest absolute Gasteiger partial charge is 0.444 e. The van der Waals surface area contributed by atoms with Crippen LogP contribution in [0, 0.1) is 0 Å². The number of ether oxygens (including phenoxy) is 1. The molecule has 10 heteroatoms. The monoisotopic (exact) mass is 362 g/mol. The minimum Gasteiger partial charge on any atom is -0.444 e. The summed E-state index contributed by atoms with van der Waals surface area (Å²) in [5.41, 5.74) is -0.980. The predicted octanol–water partition coefficient (Wildman–Crippen LogP) is 4.02. The molecule has 0 aromatic carbocycles. The average Bonchev–Trinajstić information content (AvgIpc) is 2.37. The fraction of sp³-hybridized carbons (Fsp3) is 0.923. The zero-order chi connectivity index (χ0) is 18.3. The number of alkyl carbamates (subject to hydrolysis) is 1. The Kier molecular flexibility index (Phi) is 8.59. The maximum absolute atomic E-state index is 13.2. The Morgan fingerprint density at radius 1 is 1.22 bits per heavy atom. The van der Waals surface area contributed by atoms with Gasteiger partial charge < -0.3 is 14.6 Å². The number of rotatable bonds is 8. The molecule has 2 unspecified atom stereocenters. The molecule has 0 aliphatic heterocycles. The number of hydrogen-bond acceptors (Lipinski definition) is 4. The SMILES string of the molecule is CCCCCNP(=O)(OC)C(NC(=O)OC(C)(C)C)C(F)(F)F. The van der Waals surface area contributed by atoms with E-state index in [-0.39, 0.29) is 6.54 Å². The van der Waals surface area contributed by atoms with Crippen molar-refractivity contribution < 1.29 is 31.8 Å². The summed E-state index contributed by atoms with van der Waals surface area (Å²) in [6.07, 6.45) is -4.10. The third-order valence-corrected chi connectivity index (χ3v) is 5.00. The van der Waals surface area contributed by atoms with Crippen molar-refractivity contribution in [2.45, 2.75) is 64.5 Å². The van der Waals surface area contributed by atoms with Crippen LogP contribution in [0.3, 0.4) is 0 Å². The molecular formula is C13H26F3N2O4P. The maximum Gasteiger partial charge on any atom is 0.419 e. The van der Waals surface area contributed by atoms with Crippen LogP contribution in [0.5, 0.6) is 0 Å². The van der Waals surface area contributed by atoms with Crippen LogP contribution in [0.1, 0.15) is 47.0 Å². The Morgan fingerprint density at radius 2 is 1.78 bits per heavy atom. The van der Waals surface area contributed by atoms with Crippen molar-refractivity contribution in [2.24, 2.45) is 0 Å². The molecule has 1 amide bonds. The molecule has 0 saturated heterocycles. The summed E-state index contributed by atoms with van der Waals surface area (Å²) in [4.78, 5) is 11.6. The summed E-state index contributed by atoms with van der Waals surface area (Å²) in [6.45, 7) is 6.54. The molecule has 23 heavy (non-hydrogen) atoms. The smallest absolute Gasteiger partial charge is 0.419 e. The van der Waals surface area contributed by atoms with Crippen LogP contribution in [0.4, 0.5) is 18.0 Å². The minimum atomic E-state index is -4.96. The van der Waals surface area contributed by atoms with Gasteiger partial charge in [0.05, 0.1) is 0 Å². The van der Waals surface area contributed by atoms with Crippen molar-refractivity contribution >= 4 is 13.6 Å². The highest BCUT2D eigenvalue weighted by molar-refractivity contribution is 7.57. The number of amides is 1. The van der Waals surface area contributed by atoms with Gasteiger partial charge in [0.1, 0.15) is 5.60 Å². The molecule has 6 nitrogen and oxygen atoms in total. The first-order chi connectivity index (χ1) is 10.4. The lowest BCUT2D eigenvalue weighted by molar-refractivity contribution is -0.138. The van der Waals surface area contributed by atoms with Gasteiger partial charge in [-0.2, -0.15) is 13.2 Å². The molecule has 2 atom stereocenters. The minimum absolute atomic E-state index is 0.0849. The van der Waals surface area contributed by atoms with E-state index < -0.39 is 31.2 Å². The summed E-state index contributed by atoms with van der Waals surface area (Å²) in [5, 5.41) is 3.91. The van der Waals surface area contributed by atoms with Crippen molar-refractivity contribution in [1.82, 2.24) is 10.4 Å². The number of halogens is 3. The second-order valence-electron chi connectivity index (χ2n) is 5.99. The summed E-state index contributed by atoms with van der Waals surface area (Å²) in [7, 11) is -3.47. The quantitative estimate of drug-likeness (QED) is 0.504. The van der Waals surface area contributed by atoms with E-state index in [1.165, 1.54) is 20.8 Å². The highest BCUT2D eigenvalue weighted by Crippen LogP contribution is 2.52. The predicted molar refractivity (Wildman–Crippen MR) is 81.4 cm³/mol. The van der Waals surface area contributed by atoms with Crippen LogP contribution in [0.25, 0.3) is 0 Å². The average molecular weight is 362 g/mol. The molecule has 0 bridgehead atoms. The Morgan fingerprint density at radius 3 is 2.17 bits per heavy atom. The number of carbonyl (C=O) groups is 1. The number of unbranched alkanes of at least 4 members (excludes halogenated alkanes) is 2. The highest BCUT2D eigenvalue weighted by Gasteiger charge is 2.53. The molecule has 0 radical (unpaired) electrons. The van der Waals surface area contributed by atoms with E-state index in [1.54, 1.807) is 5.32 Å². The van der Waals surface area contributed by atoms with Crippen molar-refractivity contribution in [3.05, 3.63) is 0 Å². The van der Waals surface area contributed by atoms with Gasteiger partial charge >= 0.3 is 19.8 Å². The van der Waals surface area contributed by atoms with Crippen molar-refractivity contribution in [2.75, 3.05) is 13.7 Å². The normalized spacial score (nSPS) is 16.5. The maximum atomic E-state index is 13.2. The van der Waals surface area contributed by atoms with Crippen LogP contribution in [-0.4, -0.2) is 37.3 Å². The number of nitrogens with one attached hydrogen (secondary N) is 2. The molecule has 0 rings (SSSR count). The molecule has 0 aliphatic rings. The third kappa shape index (κ3) is 8.58. The van der Waals surface area contributed by atoms with Gasteiger partial charge in [0.25, 0.3) is 0 Å². The zero-order valence-corrected chi connectivity index (χ0v) is 15.0. The topological polar surface area (TPSA) is 76.7 Å².